The van der Waals surface area contributed by atoms with Gasteiger partial charge in [0.2, 0.25) is 0 Å². The lowest BCUT2D eigenvalue weighted by Crippen LogP contribution is -1.93. The van der Waals surface area contributed by atoms with Crippen LogP contribution < -0.4 is 0 Å². The zero-order chi connectivity index (χ0) is 9.97. The molecule has 0 aromatic heterocycles. The Labute approximate surface area is 82.8 Å². The average Bonchev–Trinajstić information content (AvgIpc) is 2.20. The maximum Gasteiger partial charge on any atom is 0.119 e. The summed E-state index contributed by atoms with van der Waals surface area (Å²) in [5.74, 6) is 0.585. The number of hydrogen-bond acceptors (Lipinski definition) is 2. The van der Waals surface area contributed by atoms with Crippen molar-refractivity contribution in [1.82, 2.24) is 0 Å². The molecule has 0 saturated heterocycles. The maximum atomic E-state index is 9.62. The Bertz CT molecular complexity index is 385. The summed E-state index contributed by atoms with van der Waals surface area (Å²) in [7, 11) is 0. The number of phenols is 1. The van der Waals surface area contributed by atoms with Crippen molar-refractivity contribution in [2.24, 2.45) is 0 Å². The molecule has 0 unspecified atom stereocenters. The summed E-state index contributed by atoms with van der Waals surface area (Å²) in [6.45, 7) is 0. The minimum atomic E-state index is 0.250. The summed E-state index contributed by atoms with van der Waals surface area (Å²) in [5, 5.41) is 18.8. The first-order valence-electron chi connectivity index (χ1n) is 4.65. The molecule has 0 aliphatic heterocycles. The SMILES string of the molecule is OC1=C(c2ccc(O)cc2)CCC=C1. The third kappa shape index (κ3) is 1.64. The van der Waals surface area contributed by atoms with Gasteiger partial charge in [0, 0.05) is 5.57 Å². The van der Waals surface area contributed by atoms with Crippen LogP contribution in [-0.2, 0) is 0 Å². The number of benzene rings is 1. The molecule has 0 atom stereocenters. The van der Waals surface area contributed by atoms with Crippen molar-refractivity contribution in [1.29, 1.82) is 0 Å². The molecule has 1 aliphatic carbocycles. The quantitative estimate of drug-likeness (QED) is 0.711. The molecule has 1 aromatic rings. The molecule has 1 aromatic carbocycles. The molecule has 0 amide bonds. The van der Waals surface area contributed by atoms with E-state index in [0.29, 0.717) is 5.76 Å². The molecule has 14 heavy (non-hydrogen) atoms. The number of allylic oxidation sites excluding steroid dienone is 3. The van der Waals surface area contributed by atoms with Gasteiger partial charge in [-0.2, -0.15) is 0 Å². The van der Waals surface area contributed by atoms with E-state index >= 15 is 0 Å². The molecule has 1 aliphatic rings. The van der Waals surface area contributed by atoms with Gasteiger partial charge in [-0.05, 0) is 36.6 Å². The first kappa shape index (κ1) is 8.88. The van der Waals surface area contributed by atoms with Gasteiger partial charge < -0.3 is 10.2 Å². The normalized spacial score (nSPS) is 16.0. The third-order valence-corrected chi connectivity index (χ3v) is 2.36. The standard InChI is InChI=1S/C12H12O2/c13-10-7-5-9(6-8-10)11-3-1-2-4-12(11)14/h2,4-8,13-14H,1,3H2. The minimum absolute atomic E-state index is 0.250. The molecule has 0 bridgehead atoms. The Balaban J connectivity index is 2.39. The van der Waals surface area contributed by atoms with Crippen LogP contribution in [0.25, 0.3) is 5.57 Å². The van der Waals surface area contributed by atoms with Gasteiger partial charge in [0.25, 0.3) is 0 Å². The summed E-state index contributed by atoms with van der Waals surface area (Å²) in [6, 6.07) is 6.90. The Morgan fingerprint density at radius 3 is 2.36 bits per heavy atom. The van der Waals surface area contributed by atoms with Gasteiger partial charge in [0.05, 0.1) is 0 Å². The van der Waals surface area contributed by atoms with Crippen molar-refractivity contribution in [3.8, 4) is 5.75 Å². The number of aliphatic hydroxyl groups is 1. The summed E-state index contributed by atoms with van der Waals surface area (Å²) in [6.07, 6.45) is 5.50. The van der Waals surface area contributed by atoms with E-state index < -0.39 is 0 Å². The van der Waals surface area contributed by atoms with Crippen LogP contribution in [0, 0.1) is 0 Å². The van der Waals surface area contributed by atoms with E-state index in [2.05, 4.69) is 0 Å². The minimum Gasteiger partial charge on any atom is -0.508 e. The lowest BCUT2D eigenvalue weighted by Gasteiger charge is -2.11. The van der Waals surface area contributed by atoms with E-state index in [1.54, 1.807) is 18.2 Å². The van der Waals surface area contributed by atoms with Crippen LogP contribution >= 0.6 is 0 Å². The zero-order valence-corrected chi connectivity index (χ0v) is 7.77. The fourth-order valence-electron chi connectivity index (χ4n) is 1.61. The molecule has 0 heterocycles. The van der Waals surface area contributed by atoms with Gasteiger partial charge in [-0.3, -0.25) is 0 Å². The van der Waals surface area contributed by atoms with Crippen LogP contribution in [0.1, 0.15) is 18.4 Å². The van der Waals surface area contributed by atoms with Crippen LogP contribution in [0.15, 0.2) is 42.2 Å². The largest absolute Gasteiger partial charge is 0.508 e. The average molecular weight is 188 g/mol. The molecule has 2 nitrogen and oxygen atoms in total. The fraction of sp³-hybridized carbons (Fsp3) is 0.167. The van der Waals surface area contributed by atoms with Crippen molar-refractivity contribution >= 4 is 5.57 Å². The molecule has 72 valence electrons. The predicted molar refractivity (Wildman–Crippen MR) is 56.0 cm³/mol. The maximum absolute atomic E-state index is 9.62. The summed E-state index contributed by atoms with van der Waals surface area (Å²) >= 11 is 0. The van der Waals surface area contributed by atoms with Crippen LogP contribution in [0.2, 0.25) is 0 Å². The molecule has 0 spiro atoms. The molecular formula is C12H12O2. The summed E-state index contributed by atoms with van der Waals surface area (Å²) in [4.78, 5) is 0. The number of aromatic hydroxyl groups is 1. The van der Waals surface area contributed by atoms with E-state index in [0.717, 1.165) is 24.0 Å². The molecule has 0 radical (unpaired) electrons. The lowest BCUT2D eigenvalue weighted by molar-refractivity contribution is 0.431. The first-order valence-corrected chi connectivity index (χ1v) is 4.65. The highest BCUT2D eigenvalue weighted by Gasteiger charge is 2.09. The third-order valence-electron chi connectivity index (χ3n) is 2.36. The topological polar surface area (TPSA) is 40.5 Å². The van der Waals surface area contributed by atoms with Crippen molar-refractivity contribution in [2.45, 2.75) is 12.8 Å². The number of hydrogen-bond donors (Lipinski definition) is 2. The molecule has 0 saturated carbocycles. The molecular weight excluding hydrogens is 176 g/mol. The lowest BCUT2D eigenvalue weighted by atomic mass is 9.96. The second-order valence-electron chi connectivity index (χ2n) is 3.35. The van der Waals surface area contributed by atoms with Crippen molar-refractivity contribution in [3.63, 3.8) is 0 Å². The van der Waals surface area contributed by atoms with E-state index in [9.17, 15) is 5.11 Å². The van der Waals surface area contributed by atoms with Gasteiger partial charge in [-0.15, -0.1) is 0 Å². The smallest absolute Gasteiger partial charge is 0.119 e. The molecule has 2 rings (SSSR count). The van der Waals surface area contributed by atoms with Gasteiger partial charge >= 0.3 is 0 Å². The molecule has 2 heteroatoms. The monoisotopic (exact) mass is 188 g/mol. The number of phenolic OH excluding ortho intramolecular Hbond substituents is 1. The Kier molecular flexibility index (Phi) is 2.27. The highest BCUT2D eigenvalue weighted by Crippen LogP contribution is 2.27. The van der Waals surface area contributed by atoms with Gasteiger partial charge in [-0.1, -0.05) is 18.2 Å². The molecule has 0 fully saturated rings. The Hall–Kier alpha value is -1.70. The highest BCUT2D eigenvalue weighted by molar-refractivity contribution is 5.70. The van der Waals surface area contributed by atoms with E-state index in [-0.39, 0.29) is 5.75 Å². The van der Waals surface area contributed by atoms with Crippen molar-refractivity contribution in [2.75, 3.05) is 0 Å². The van der Waals surface area contributed by atoms with Gasteiger partial charge in [0.1, 0.15) is 11.5 Å². The number of rotatable bonds is 1. The van der Waals surface area contributed by atoms with Crippen LogP contribution in [0.3, 0.4) is 0 Å². The van der Waals surface area contributed by atoms with Gasteiger partial charge in [0.15, 0.2) is 0 Å². The van der Waals surface area contributed by atoms with Crippen LogP contribution in [0.5, 0.6) is 5.75 Å². The number of aliphatic hydroxyl groups excluding tert-OH is 1. The van der Waals surface area contributed by atoms with E-state index in [1.807, 2.05) is 18.2 Å². The first-order chi connectivity index (χ1) is 6.77. The van der Waals surface area contributed by atoms with Crippen molar-refractivity contribution < 1.29 is 10.2 Å². The second kappa shape index (κ2) is 3.58. The highest BCUT2D eigenvalue weighted by atomic mass is 16.3. The predicted octanol–water partition coefficient (Wildman–Crippen LogP) is 3.01. The van der Waals surface area contributed by atoms with E-state index in [1.165, 1.54) is 0 Å². The van der Waals surface area contributed by atoms with Gasteiger partial charge in [-0.25, -0.2) is 0 Å². The summed E-state index contributed by atoms with van der Waals surface area (Å²) in [5.41, 5.74) is 1.93. The Morgan fingerprint density at radius 2 is 1.71 bits per heavy atom. The van der Waals surface area contributed by atoms with Crippen LogP contribution in [0.4, 0.5) is 0 Å². The van der Waals surface area contributed by atoms with Crippen LogP contribution in [-0.4, -0.2) is 10.2 Å². The van der Waals surface area contributed by atoms with Crippen molar-refractivity contribution in [3.05, 3.63) is 47.7 Å². The zero-order valence-electron chi connectivity index (χ0n) is 7.77. The van der Waals surface area contributed by atoms with E-state index in [4.69, 9.17) is 5.11 Å². The summed E-state index contributed by atoms with van der Waals surface area (Å²) < 4.78 is 0. The Morgan fingerprint density at radius 1 is 1.00 bits per heavy atom. The second-order valence-corrected chi connectivity index (χ2v) is 3.35. The molecule has 2 N–H and O–H groups in total. The fourth-order valence-corrected chi connectivity index (χ4v) is 1.61.